The van der Waals surface area contributed by atoms with Gasteiger partial charge in [-0.25, -0.2) is 4.79 Å². The number of carbonyl (C=O) groups excluding carboxylic acids is 1. The number of amides is 2. The minimum absolute atomic E-state index is 0.0484. The second-order valence-corrected chi connectivity index (χ2v) is 7.34. The molecule has 1 aliphatic rings. The molecule has 1 heterocycles. The van der Waals surface area contributed by atoms with Crippen LogP contribution in [-0.4, -0.2) is 60.6 Å². The van der Waals surface area contributed by atoms with E-state index in [4.69, 9.17) is 11.6 Å². The average Bonchev–Trinajstić information content (AvgIpc) is 2.58. The summed E-state index contributed by atoms with van der Waals surface area (Å²) in [6.45, 7) is 13.1. The minimum Gasteiger partial charge on any atom is -0.336 e. The van der Waals surface area contributed by atoms with Crippen LogP contribution in [0.3, 0.4) is 0 Å². The lowest BCUT2D eigenvalue weighted by molar-refractivity contribution is 0.0555. The first-order chi connectivity index (χ1) is 11.4. The summed E-state index contributed by atoms with van der Waals surface area (Å²) in [4.78, 5) is 17.0. The van der Waals surface area contributed by atoms with Gasteiger partial charge in [0.15, 0.2) is 0 Å². The number of carbonyl (C=O) groups is 1. The fourth-order valence-electron chi connectivity index (χ4n) is 2.97. The predicted molar refractivity (Wildman–Crippen MR) is 99.5 cm³/mol. The van der Waals surface area contributed by atoms with E-state index < -0.39 is 0 Å². The molecule has 0 atom stereocenters. The van der Waals surface area contributed by atoms with Crippen molar-refractivity contribution in [1.82, 2.24) is 20.4 Å². The number of benzene rings is 1. The largest absolute Gasteiger partial charge is 0.336 e. The number of piperazine rings is 1. The maximum atomic E-state index is 12.0. The Bertz CT molecular complexity index is 542. The Morgan fingerprint density at radius 3 is 2.54 bits per heavy atom. The van der Waals surface area contributed by atoms with Crippen LogP contribution in [0.25, 0.3) is 0 Å². The van der Waals surface area contributed by atoms with E-state index in [1.807, 2.05) is 24.3 Å². The molecule has 1 fully saturated rings. The van der Waals surface area contributed by atoms with Gasteiger partial charge in [0, 0.05) is 49.8 Å². The summed E-state index contributed by atoms with van der Waals surface area (Å²) >= 11 is 5.95. The topological polar surface area (TPSA) is 47.6 Å². The van der Waals surface area contributed by atoms with E-state index >= 15 is 0 Å². The standard InChI is InChI=1S/C18H29ClN4O/c1-4-22-8-10-23(11-9-22)18(2,3)14-21-17(24)20-13-15-6-5-7-16(19)12-15/h5-7,12H,4,8-11,13-14H2,1-3H3,(H2,20,21,24). The van der Waals surface area contributed by atoms with E-state index in [9.17, 15) is 4.79 Å². The maximum absolute atomic E-state index is 12.0. The van der Waals surface area contributed by atoms with Crippen LogP contribution in [0.1, 0.15) is 26.3 Å². The first-order valence-corrected chi connectivity index (χ1v) is 9.02. The van der Waals surface area contributed by atoms with E-state index in [1.54, 1.807) is 0 Å². The molecule has 24 heavy (non-hydrogen) atoms. The zero-order chi connectivity index (χ0) is 17.6. The molecule has 6 heteroatoms. The van der Waals surface area contributed by atoms with Crippen LogP contribution in [0.5, 0.6) is 0 Å². The lowest BCUT2D eigenvalue weighted by atomic mass is 10.0. The lowest BCUT2D eigenvalue weighted by Gasteiger charge is -2.44. The second kappa shape index (κ2) is 8.70. The van der Waals surface area contributed by atoms with Crippen LogP contribution in [0, 0.1) is 0 Å². The van der Waals surface area contributed by atoms with Crippen molar-refractivity contribution in [2.45, 2.75) is 32.9 Å². The summed E-state index contributed by atoms with van der Waals surface area (Å²) in [6.07, 6.45) is 0. The predicted octanol–water partition coefficient (Wildman–Crippen LogP) is 2.56. The van der Waals surface area contributed by atoms with E-state index in [0.717, 1.165) is 38.3 Å². The highest BCUT2D eigenvalue weighted by Gasteiger charge is 2.29. The summed E-state index contributed by atoms with van der Waals surface area (Å²) in [5, 5.41) is 6.56. The number of rotatable bonds is 6. The zero-order valence-electron chi connectivity index (χ0n) is 14.9. The highest BCUT2D eigenvalue weighted by molar-refractivity contribution is 6.30. The van der Waals surface area contributed by atoms with Gasteiger partial charge in [0.1, 0.15) is 0 Å². The number of nitrogens with one attached hydrogen (secondary N) is 2. The van der Waals surface area contributed by atoms with Gasteiger partial charge in [-0.15, -0.1) is 0 Å². The van der Waals surface area contributed by atoms with Crippen molar-refractivity contribution in [3.05, 3.63) is 34.9 Å². The molecule has 2 rings (SSSR count). The molecule has 1 saturated heterocycles. The number of nitrogens with zero attached hydrogens (tertiary/aromatic N) is 2. The van der Waals surface area contributed by atoms with E-state index in [0.29, 0.717) is 18.1 Å². The summed E-state index contributed by atoms with van der Waals surface area (Å²) in [5.41, 5.74) is 0.945. The third-order valence-corrected chi connectivity index (χ3v) is 4.93. The van der Waals surface area contributed by atoms with Gasteiger partial charge in [-0.05, 0) is 38.1 Å². The zero-order valence-corrected chi connectivity index (χ0v) is 15.7. The highest BCUT2D eigenvalue weighted by atomic mass is 35.5. The van der Waals surface area contributed by atoms with Crippen LogP contribution >= 0.6 is 11.6 Å². The second-order valence-electron chi connectivity index (χ2n) is 6.90. The molecule has 0 aromatic heterocycles. The lowest BCUT2D eigenvalue weighted by Crippen LogP contribution is -2.58. The monoisotopic (exact) mass is 352 g/mol. The van der Waals surface area contributed by atoms with E-state index in [2.05, 4.69) is 41.2 Å². The SMILES string of the molecule is CCN1CCN(C(C)(C)CNC(=O)NCc2cccc(Cl)c2)CC1. The van der Waals surface area contributed by atoms with E-state index in [-0.39, 0.29) is 11.6 Å². The molecule has 2 amide bonds. The normalized spacial score (nSPS) is 16.8. The van der Waals surface area contributed by atoms with Gasteiger partial charge in [-0.1, -0.05) is 30.7 Å². The molecular formula is C18H29ClN4O. The molecule has 0 saturated carbocycles. The van der Waals surface area contributed by atoms with Crippen molar-refractivity contribution in [2.75, 3.05) is 39.3 Å². The molecule has 1 aromatic carbocycles. The fraction of sp³-hybridized carbons (Fsp3) is 0.611. The molecule has 0 bridgehead atoms. The fourth-order valence-corrected chi connectivity index (χ4v) is 3.18. The molecule has 0 aliphatic carbocycles. The maximum Gasteiger partial charge on any atom is 0.315 e. The van der Waals surface area contributed by atoms with E-state index in [1.165, 1.54) is 0 Å². The van der Waals surface area contributed by atoms with Gasteiger partial charge >= 0.3 is 6.03 Å². The highest BCUT2D eigenvalue weighted by Crippen LogP contribution is 2.16. The summed E-state index contributed by atoms with van der Waals surface area (Å²) < 4.78 is 0. The number of likely N-dealkylation sites (N-methyl/N-ethyl adjacent to an activating group) is 1. The van der Waals surface area contributed by atoms with Crippen LogP contribution in [-0.2, 0) is 6.54 Å². The molecule has 1 aromatic rings. The molecule has 0 radical (unpaired) electrons. The minimum atomic E-state index is -0.143. The van der Waals surface area contributed by atoms with Crippen molar-refractivity contribution in [3.63, 3.8) is 0 Å². The Morgan fingerprint density at radius 1 is 1.21 bits per heavy atom. The van der Waals surface area contributed by atoms with Gasteiger partial charge in [0.2, 0.25) is 0 Å². The Balaban J connectivity index is 1.74. The molecule has 0 unspecified atom stereocenters. The number of urea groups is 1. The molecule has 0 spiro atoms. The van der Waals surface area contributed by atoms with Gasteiger partial charge in [-0.2, -0.15) is 0 Å². The van der Waals surface area contributed by atoms with Crippen LogP contribution in [0.4, 0.5) is 4.79 Å². The van der Waals surface area contributed by atoms with Crippen molar-refractivity contribution in [1.29, 1.82) is 0 Å². The third-order valence-electron chi connectivity index (χ3n) is 4.70. The number of halogens is 1. The Morgan fingerprint density at radius 2 is 1.92 bits per heavy atom. The van der Waals surface area contributed by atoms with Gasteiger partial charge in [-0.3, -0.25) is 4.90 Å². The molecular weight excluding hydrogens is 324 g/mol. The number of hydrogen-bond acceptors (Lipinski definition) is 3. The molecule has 1 aliphatic heterocycles. The smallest absolute Gasteiger partial charge is 0.315 e. The molecule has 5 nitrogen and oxygen atoms in total. The van der Waals surface area contributed by atoms with Gasteiger partial charge in [0.25, 0.3) is 0 Å². The van der Waals surface area contributed by atoms with Crippen LogP contribution in [0.15, 0.2) is 24.3 Å². The van der Waals surface area contributed by atoms with Crippen molar-refractivity contribution in [3.8, 4) is 0 Å². The average molecular weight is 353 g/mol. The summed E-state index contributed by atoms with van der Waals surface area (Å²) in [5.74, 6) is 0. The molecule has 2 N–H and O–H groups in total. The third kappa shape index (κ3) is 5.65. The summed E-state index contributed by atoms with van der Waals surface area (Å²) in [6, 6.07) is 7.38. The molecule has 134 valence electrons. The van der Waals surface area contributed by atoms with Crippen molar-refractivity contribution < 1.29 is 4.79 Å². The van der Waals surface area contributed by atoms with Crippen molar-refractivity contribution >= 4 is 17.6 Å². The summed E-state index contributed by atoms with van der Waals surface area (Å²) in [7, 11) is 0. The Labute approximate surface area is 150 Å². The first kappa shape index (κ1) is 19.0. The van der Waals surface area contributed by atoms with Gasteiger partial charge in [0.05, 0.1) is 0 Å². The van der Waals surface area contributed by atoms with Crippen molar-refractivity contribution in [2.24, 2.45) is 0 Å². The van der Waals surface area contributed by atoms with Crippen LogP contribution in [0.2, 0.25) is 5.02 Å². The Hall–Kier alpha value is -1.30. The number of hydrogen-bond donors (Lipinski definition) is 2. The Kier molecular flexibility index (Phi) is 6.90. The quantitative estimate of drug-likeness (QED) is 0.827. The first-order valence-electron chi connectivity index (χ1n) is 8.64. The van der Waals surface area contributed by atoms with Crippen LogP contribution < -0.4 is 10.6 Å². The van der Waals surface area contributed by atoms with Gasteiger partial charge < -0.3 is 15.5 Å².